The molecule has 0 saturated heterocycles. The number of benzene rings is 2. The van der Waals surface area contributed by atoms with Gasteiger partial charge in [-0.05, 0) is 31.2 Å². The average Bonchev–Trinajstić information content (AvgIpc) is 2.45. The first-order chi connectivity index (χ1) is 10.0. The lowest BCUT2D eigenvalue weighted by Crippen LogP contribution is -2.02. The number of hydrogen-bond acceptors (Lipinski definition) is 3. The van der Waals surface area contributed by atoms with E-state index in [0.29, 0.717) is 21.7 Å². The van der Waals surface area contributed by atoms with Crippen molar-refractivity contribution in [3.05, 3.63) is 63.9 Å². The van der Waals surface area contributed by atoms with E-state index in [9.17, 15) is 9.50 Å². The lowest BCUT2D eigenvalue weighted by molar-refractivity contribution is 0.190. The molecule has 2 aromatic carbocycles. The Bertz CT molecular complexity index is 695. The second-order valence-electron chi connectivity index (χ2n) is 4.56. The molecule has 0 bridgehead atoms. The van der Waals surface area contributed by atoms with Crippen LogP contribution < -0.4 is 4.74 Å². The van der Waals surface area contributed by atoms with Gasteiger partial charge in [0, 0.05) is 22.2 Å². The predicted molar refractivity (Wildman–Crippen MR) is 77.5 cm³/mol. The van der Waals surface area contributed by atoms with Gasteiger partial charge in [0.15, 0.2) is 0 Å². The van der Waals surface area contributed by atoms with Crippen LogP contribution in [0.15, 0.2) is 36.4 Å². The van der Waals surface area contributed by atoms with Gasteiger partial charge in [-0.25, -0.2) is 4.39 Å². The summed E-state index contributed by atoms with van der Waals surface area (Å²) in [6.07, 6.45) is -0.767. The highest BCUT2D eigenvalue weighted by molar-refractivity contribution is 6.31. The van der Waals surface area contributed by atoms with Crippen LogP contribution in [0.2, 0.25) is 5.02 Å². The summed E-state index contributed by atoms with van der Waals surface area (Å²) in [7, 11) is 0. The highest BCUT2D eigenvalue weighted by atomic mass is 35.5. The SMILES string of the molecule is C[C@H](O)c1ccc(F)cc1OCc1ccc(C#N)cc1Cl. The lowest BCUT2D eigenvalue weighted by Gasteiger charge is -2.14. The molecular formula is C16H13ClFNO2. The first kappa shape index (κ1) is 15.3. The molecule has 1 atom stereocenters. The number of nitriles is 1. The zero-order valence-electron chi connectivity index (χ0n) is 11.3. The molecule has 0 unspecified atom stereocenters. The van der Waals surface area contributed by atoms with Gasteiger partial charge in [-0.1, -0.05) is 17.7 Å². The third-order valence-electron chi connectivity index (χ3n) is 2.99. The molecule has 0 heterocycles. The van der Waals surface area contributed by atoms with E-state index in [4.69, 9.17) is 21.6 Å². The van der Waals surface area contributed by atoms with Gasteiger partial charge in [-0.2, -0.15) is 5.26 Å². The Morgan fingerprint density at radius 3 is 2.71 bits per heavy atom. The monoisotopic (exact) mass is 305 g/mol. The highest BCUT2D eigenvalue weighted by Gasteiger charge is 2.11. The smallest absolute Gasteiger partial charge is 0.128 e. The van der Waals surface area contributed by atoms with Crippen LogP contribution in [0, 0.1) is 17.1 Å². The van der Waals surface area contributed by atoms with Gasteiger partial charge in [0.1, 0.15) is 18.2 Å². The van der Waals surface area contributed by atoms with Gasteiger partial charge < -0.3 is 9.84 Å². The van der Waals surface area contributed by atoms with Crippen LogP contribution in [0.3, 0.4) is 0 Å². The molecule has 5 heteroatoms. The van der Waals surface area contributed by atoms with Crippen molar-refractivity contribution < 1.29 is 14.2 Å². The van der Waals surface area contributed by atoms with E-state index in [2.05, 4.69) is 0 Å². The van der Waals surface area contributed by atoms with Crippen LogP contribution in [0.5, 0.6) is 5.75 Å². The van der Waals surface area contributed by atoms with Crippen molar-refractivity contribution in [2.75, 3.05) is 0 Å². The van der Waals surface area contributed by atoms with E-state index in [1.54, 1.807) is 25.1 Å². The van der Waals surface area contributed by atoms with Gasteiger partial charge in [0.2, 0.25) is 0 Å². The quantitative estimate of drug-likeness (QED) is 0.929. The van der Waals surface area contributed by atoms with Gasteiger partial charge in [0.25, 0.3) is 0 Å². The van der Waals surface area contributed by atoms with Crippen LogP contribution in [-0.2, 0) is 6.61 Å². The third kappa shape index (κ3) is 3.72. The minimum atomic E-state index is -0.767. The van der Waals surface area contributed by atoms with E-state index in [1.807, 2.05) is 6.07 Å². The van der Waals surface area contributed by atoms with E-state index in [1.165, 1.54) is 18.2 Å². The Morgan fingerprint density at radius 2 is 2.10 bits per heavy atom. The molecule has 21 heavy (non-hydrogen) atoms. The van der Waals surface area contributed by atoms with Crippen molar-refractivity contribution in [2.24, 2.45) is 0 Å². The minimum Gasteiger partial charge on any atom is -0.488 e. The number of aliphatic hydroxyl groups excluding tert-OH is 1. The first-order valence-electron chi connectivity index (χ1n) is 6.30. The van der Waals surface area contributed by atoms with Crippen LogP contribution in [0.4, 0.5) is 4.39 Å². The van der Waals surface area contributed by atoms with Crippen molar-refractivity contribution in [2.45, 2.75) is 19.6 Å². The van der Waals surface area contributed by atoms with E-state index < -0.39 is 11.9 Å². The fraction of sp³-hybridized carbons (Fsp3) is 0.188. The van der Waals surface area contributed by atoms with Crippen molar-refractivity contribution in [1.29, 1.82) is 5.26 Å². The number of nitrogens with zero attached hydrogens (tertiary/aromatic N) is 1. The molecule has 0 aliphatic heterocycles. The number of aliphatic hydroxyl groups is 1. The highest BCUT2D eigenvalue weighted by Crippen LogP contribution is 2.28. The van der Waals surface area contributed by atoms with Crippen molar-refractivity contribution in [3.63, 3.8) is 0 Å². The Labute approximate surface area is 127 Å². The molecule has 0 amide bonds. The first-order valence-corrected chi connectivity index (χ1v) is 6.68. The maximum Gasteiger partial charge on any atom is 0.128 e. The zero-order chi connectivity index (χ0) is 15.4. The standard InChI is InChI=1S/C16H13ClFNO2/c1-10(20)14-5-4-13(18)7-16(14)21-9-12-3-2-11(8-19)6-15(12)17/h2-7,10,20H,9H2,1H3/t10-/m0/s1. The lowest BCUT2D eigenvalue weighted by atomic mass is 10.1. The number of halogens is 2. The summed E-state index contributed by atoms with van der Waals surface area (Å²) in [5.41, 5.74) is 1.64. The minimum absolute atomic E-state index is 0.119. The molecule has 3 nitrogen and oxygen atoms in total. The second kappa shape index (κ2) is 6.57. The molecule has 0 spiro atoms. The Kier molecular flexibility index (Phi) is 4.79. The molecule has 0 radical (unpaired) electrons. The number of ether oxygens (including phenoxy) is 1. The molecular weight excluding hydrogens is 293 g/mol. The molecule has 0 fully saturated rings. The van der Waals surface area contributed by atoms with Gasteiger partial charge >= 0.3 is 0 Å². The number of rotatable bonds is 4. The normalized spacial score (nSPS) is 11.8. The second-order valence-corrected chi connectivity index (χ2v) is 4.97. The molecule has 108 valence electrons. The number of hydrogen-bond donors (Lipinski definition) is 1. The zero-order valence-corrected chi connectivity index (χ0v) is 12.1. The van der Waals surface area contributed by atoms with E-state index in [-0.39, 0.29) is 12.4 Å². The van der Waals surface area contributed by atoms with Crippen LogP contribution >= 0.6 is 11.6 Å². The molecule has 2 aromatic rings. The topological polar surface area (TPSA) is 53.2 Å². The summed E-state index contributed by atoms with van der Waals surface area (Å²) >= 11 is 6.05. The summed E-state index contributed by atoms with van der Waals surface area (Å²) in [4.78, 5) is 0. The van der Waals surface area contributed by atoms with Crippen LogP contribution in [0.1, 0.15) is 29.7 Å². The van der Waals surface area contributed by atoms with Crippen molar-refractivity contribution in [3.8, 4) is 11.8 Å². The molecule has 0 aliphatic carbocycles. The Morgan fingerprint density at radius 1 is 1.33 bits per heavy atom. The van der Waals surface area contributed by atoms with Crippen LogP contribution in [0.25, 0.3) is 0 Å². The summed E-state index contributed by atoms with van der Waals surface area (Å²) < 4.78 is 18.8. The average molecular weight is 306 g/mol. The van der Waals surface area contributed by atoms with Crippen molar-refractivity contribution in [1.82, 2.24) is 0 Å². The summed E-state index contributed by atoms with van der Waals surface area (Å²) in [5.74, 6) is -0.175. The fourth-order valence-corrected chi connectivity index (χ4v) is 2.10. The van der Waals surface area contributed by atoms with Crippen molar-refractivity contribution >= 4 is 11.6 Å². The van der Waals surface area contributed by atoms with E-state index >= 15 is 0 Å². The third-order valence-corrected chi connectivity index (χ3v) is 3.34. The maximum absolute atomic E-state index is 13.3. The molecule has 0 saturated carbocycles. The predicted octanol–water partition coefficient (Wildman–Crippen LogP) is 3.98. The molecule has 0 aliphatic rings. The van der Waals surface area contributed by atoms with Gasteiger partial charge in [0.05, 0.1) is 17.7 Å². The fourth-order valence-electron chi connectivity index (χ4n) is 1.87. The maximum atomic E-state index is 13.3. The Balaban J connectivity index is 2.20. The largest absolute Gasteiger partial charge is 0.488 e. The summed E-state index contributed by atoms with van der Waals surface area (Å²) in [6, 6.07) is 10.8. The summed E-state index contributed by atoms with van der Waals surface area (Å²) in [5, 5.41) is 18.8. The van der Waals surface area contributed by atoms with Gasteiger partial charge in [-0.3, -0.25) is 0 Å². The molecule has 1 N–H and O–H groups in total. The van der Waals surface area contributed by atoms with E-state index in [0.717, 1.165) is 0 Å². The summed E-state index contributed by atoms with van der Waals surface area (Å²) in [6.45, 7) is 1.70. The Hall–Kier alpha value is -2.09. The van der Waals surface area contributed by atoms with Gasteiger partial charge in [-0.15, -0.1) is 0 Å². The molecule has 2 rings (SSSR count). The van der Waals surface area contributed by atoms with Crippen LogP contribution in [-0.4, -0.2) is 5.11 Å². The molecule has 0 aromatic heterocycles.